The molecule has 7 heteroatoms. The van der Waals surface area contributed by atoms with E-state index >= 15 is 0 Å². The summed E-state index contributed by atoms with van der Waals surface area (Å²) in [6.07, 6.45) is 5.86. The van der Waals surface area contributed by atoms with Gasteiger partial charge in [-0.3, -0.25) is 0 Å². The highest BCUT2D eigenvalue weighted by Crippen LogP contribution is 2.38. The van der Waals surface area contributed by atoms with E-state index in [1.54, 1.807) is 12.1 Å². The fraction of sp³-hybridized carbons (Fsp3) is 0.194. The fourth-order valence-electron chi connectivity index (χ4n) is 6.30. The van der Waals surface area contributed by atoms with E-state index in [0.717, 1.165) is 68.6 Å². The van der Waals surface area contributed by atoms with E-state index in [2.05, 4.69) is 22.8 Å². The predicted octanol–water partition coefficient (Wildman–Crippen LogP) is 9.24. The van der Waals surface area contributed by atoms with Crippen LogP contribution in [0.15, 0.2) is 91.0 Å². The molecule has 7 rings (SSSR count). The SMILES string of the molecule is COC(=O)c1ccc2c(c1)nc(-c1ccc3nc(-c4cc(O)ccc4-c4ccc(Cl)cc4)ccc3c1)n2C1CCCCC1. The molecule has 4 aromatic carbocycles. The molecule has 1 fully saturated rings. The third-order valence-corrected chi connectivity index (χ3v) is 8.68. The van der Waals surface area contributed by atoms with Crippen molar-refractivity contribution in [2.75, 3.05) is 7.11 Å². The van der Waals surface area contributed by atoms with Crippen LogP contribution < -0.4 is 0 Å². The molecule has 0 unspecified atom stereocenters. The number of aromatic hydroxyl groups is 1. The summed E-state index contributed by atoms with van der Waals surface area (Å²) in [5.41, 5.74) is 7.73. The Morgan fingerprint density at radius 3 is 2.40 bits per heavy atom. The number of pyridine rings is 1. The van der Waals surface area contributed by atoms with E-state index in [0.29, 0.717) is 16.6 Å². The van der Waals surface area contributed by atoms with Gasteiger partial charge in [0.2, 0.25) is 0 Å². The molecule has 0 radical (unpaired) electrons. The smallest absolute Gasteiger partial charge is 0.337 e. The Hall–Kier alpha value is -4.68. The number of nitrogens with zero attached hydrogens (tertiary/aromatic N) is 3. The fourth-order valence-corrected chi connectivity index (χ4v) is 6.42. The first kappa shape index (κ1) is 27.2. The van der Waals surface area contributed by atoms with E-state index in [1.165, 1.54) is 26.4 Å². The van der Waals surface area contributed by atoms with Gasteiger partial charge in [-0.05, 0) is 90.7 Å². The van der Waals surface area contributed by atoms with E-state index in [4.69, 9.17) is 26.3 Å². The number of hydrogen-bond acceptors (Lipinski definition) is 5. The lowest BCUT2D eigenvalue weighted by molar-refractivity contribution is 0.0601. The zero-order chi connectivity index (χ0) is 29.5. The number of halogens is 1. The lowest BCUT2D eigenvalue weighted by Gasteiger charge is -2.25. The van der Waals surface area contributed by atoms with Gasteiger partial charge in [-0.1, -0.05) is 55.1 Å². The first-order valence-electron chi connectivity index (χ1n) is 14.6. The molecule has 0 amide bonds. The molecule has 0 saturated heterocycles. The molecule has 0 bridgehead atoms. The maximum Gasteiger partial charge on any atom is 0.337 e. The van der Waals surface area contributed by atoms with Crippen molar-refractivity contribution >= 4 is 39.5 Å². The molecule has 6 nitrogen and oxygen atoms in total. The lowest BCUT2D eigenvalue weighted by Crippen LogP contribution is -2.14. The molecule has 1 aliphatic carbocycles. The van der Waals surface area contributed by atoms with Gasteiger partial charge in [-0.25, -0.2) is 14.8 Å². The number of aromatic nitrogens is 3. The van der Waals surface area contributed by atoms with Crippen LogP contribution >= 0.6 is 11.6 Å². The van der Waals surface area contributed by atoms with Gasteiger partial charge < -0.3 is 14.4 Å². The number of ether oxygens (including phenoxy) is 1. The number of rotatable bonds is 5. The van der Waals surface area contributed by atoms with Crippen LogP contribution in [0, 0.1) is 0 Å². The molecule has 43 heavy (non-hydrogen) atoms. The Bertz CT molecular complexity index is 1990. The van der Waals surface area contributed by atoms with E-state index in [1.807, 2.05) is 60.7 Å². The van der Waals surface area contributed by atoms with Crippen molar-refractivity contribution < 1.29 is 14.6 Å². The standard InChI is InChI=1S/C36H30ClN3O3/c1-43-36(42)25-11-18-34-33(20-25)39-35(40(34)27-5-3-2-4-6-27)24-10-16-31-23(19-24)9-17-32(38-31)30-21-28(41)14-15-29(30)22-7-12-26(37)13-8-22/h7-21,27,41H,2-6H2,1H3. The molecule has 2 heterocycles. The summed E-state index contributed by atoms with van der Waals surface area (Å²) in [7, 11) is 1.39. The van der Waals surface area contributed by atoms with Crippen molar-refractivity contribution in [3.05, 3.63) is 102 Å². The van der Waals surface area contributed by atoms with Gasteiger partial charge in [-0.2, -0.15) is 0 Å². The van der Waals surface area contributed by atoms with Crippen molar-refractivity contribution in [1.29, 1.82) is 0 Å². The van der Waals surface area contributed by atoms with E-state index in [9.17, 15) is 9.90 Å². The topological polar surface area (TPSA) is 77.2 Å². The average Bonchev–Trinajstić information content (AvgIpc) is 3.43. The van der Waals surface area contributed by atoms with Crippen LogP contribution in [0.4, 0.5) is 0 Å². The molecule has 1 saturated carbocycles. The van der Waals surface area contributed by atoms with E-state index in [-0.39, 0.29) is 11.7 Å². The number of methoxy groups -OCH3 is 1. The molecular weight excluding hydrogens is 558 g/mol. The first-order valence-corrected chi connectivity index (χ1v) is 15.0. The van der Waals surface area contributed by atoms with Crippen LogP contribution in [-0.2, 0) is 4.74 Å². The Morgan fingerprint density at radius 2 is 1.60 bits per heavy atom. The Kier molecular flexibility index (Phi) is 7.07. The molecular formula is C36H30ClN3O3. The first-order chi connectivity index (χ1) is 21.0. The van der Waals surface area contributed by atoms with Gasteiger partial charge in [0.05, 0.1) is 34.9 Å². The molecule has 0 atom stereocenters. The number of phenolic OH excluding ortho intramolecular Hbond substituents is 1. The highest BCUT2D eigenvalue weighted by atomic mass is 35.5. The van der Waals surface area contributed by atoms with Crippen molar-refractivity contribution in [2.24, 2.45) is 0 Å². The van der Waals surface area contributed by atoms with Crippen molar-refractivity contribution in [2.45, 2.75) is 38.1 Å². The maximum atomic E-state index is 12.2. The Balaban J connectivity index is 1.32. The van der Waals surface area contributed by atoms with Crippen LogP contribution in [0.25, 0.3) is 55.7 Å². The highest BCUT2D eigenvalue weighted by Gasteiger charge is 2.23. The highest BCUT2D eigenvalue weighted by molar-refractivity contribution is 6.30. The second-order valence-electron chi connectivity index (χ2n) is 11.1. The van der Waals surface area contributed by atoms with Crippen LogP contribution in [0.3, 0.4) is 0 Å². The van der Waals surface area contributed by atoms with Crippen LogP contribution in [0.2, 0.25) is 5.02 Å². The van der Waals surface area contributed by atoms with Crippen molar-refractivity contribution in [1.82, 2.24) is 14.5 Å². The second kappa shape index (κ2) is 11.2. The average molecular weight is 588 g/mol. The number of esters is 1. The number of carbonyl (C=O) groups excluding carboxylic acids is 1. The third kappa shape index (κ3) is 5.12. The summed E-state index contributed by atoms with van der Waals surface area (Å²) in [6, 6.07) is 29.3. The summed E-state index contributed by atoms with van der Waals surface area (Å²) in [5.74, 6) is 0.712. The van der Waals surface area contributed by atoms with Crippen LogP contribution in [0.1, 0.15) is 48.5 Å². The predicted molar refractivity (Wildman–Crippen MR) is 171 cm³/mol. The van der Waals surface area contributed by atoms with Gasteiger partial charge in [-0.15, -0.1) is 0 Å². The van der Waals surface area contributed by atoms with Crippen LogP contribution in [-0.4, -0.2) is 32.7 Å². The number of carbonyl (C=O) groups is 1. The van der Waals surface area contributed by atoms with E-state index < -0.39 is 0 Å². The molecule has 1 aliphatic rings. The van der Waals surface area contributed by atoms with Gasteiger partial charge in [0, 0.05) is 27.6 Å². The molecule has 0 aliphatic heterocycles. The number of hydrogen-bond donors (Lipinski definition) is 1. The number of phenols is 1. The summed E-state index contributed by atoms with van der Waals surface area (Å²) in [5, 5.41) is 12.0. The molecule has 6 aromatic rings. The molecule has 2 aromatic heterocycles. The van der Waals surface area contributed by atoms with Gasteiger partial charge in [0.15, 0.2) is 0 Å². The third-order valence-electron chi connectivity index (χ3n) is 8.43. The molecule has 214 valence electrons. The van der Waals surface area contributed by atoms with Gasteiger partial charge >= 0.3 is 5.97 Å². The maximum absolute atomic E-state index is 12.2. The largest absolute Gasteiger partial charge is 0.508 e. The zero-order valence-electron chi connectivity index (χ0n) is 23.8. The number of fused-ring (bicyclic) bond motifs is 2. The minimum atomic E-state index is -0.366. The monoisotopic (exact) mass is 587 g/mol. The lowest BCUT2D eigenvalue weighted by atomic mass is 9.94. The Morgan fingerprint density at radius 1 is 0.814 bits per heavy atom. The molecule has 1 N–H and O–H groups in total. The molecule has 0 spiro atoms. The minimum Gasteiger partial charge on any atom is -0.508 e. The minimum absolute atomic E-state index is 0.182. The summed E-state index contributed by atoms with van der Waals surface area (Å²) < 4.78 is 7.32. The quantitative estimate of drug-likeness (QED) is 0.203. The summed E-state index contributed by atoms with van der Waals surface area (Å²) >= 11 is 6.13. The Labute approximate surface area is 254 Å². The summed E-state index contributed by atoms with van der Waals surface area (Å²) in [6.45, 7) is 0. The van der Waals surface area contributed by atoms with Gasteiger partial charge in [0.1, 0.15) is 11.6 Å². The summed E-state index contributed by atoms with van der Waals surface area (Å²) in [4.78, 5) is 22.3. The van der Waals surface area contributed by atoms with Crippen molar-refractivity contribution in [3.8, 4) is 39.5 Å². The zero-order valence-corrected chi connectivity index (χ0v) is 24.5. The van der Waals surface area contributed by atoms with Gasteiger partial charge in [0.25, 0.3) is 0 Å². The normalized spacial score (nSPS) is 13.9. The number of benzene rings is 4. The second-order valence-corrected chi connectivity index (χ2v) is 11.6. The van der Waals surface area contributed by atoms with Crippen molar-refractivity contribution in [3.63, 3.8) is 0 Å². The number of imidazole rings is 1. The van der Waals surface area contributed by atoms with Crippen LogP contribution in [0.5, 0.6) is 5.75 Å².